The fourth-order valence-corrected chi connectivity index (χ4v) is 6.28. The lowest BCUT2D eigenvalue weighted by Crippen LogP contribution is -2.31. The molecule has 45 heavy (non-hydrogen) atoms. The van der Waals surface area contributed by atoms with Crippen molar-refractivity contribution in [1.82, 2.24) is 4.90 Å². The molecule has 3 heteroatoms. The van der Waals surface area contributed by atoms with Crippen LogP contribution in [0.1, 0.15) is 175 Å². The van der Waals surface area contributed by atoms with Crippen LogP contribution in [-0.2, 0) is 9.47 Å². The van der Waals surface area contributed by atoms with Crippen molar-refractivity contribution in [3.05, 3.63) is 48.6 Å². The summed E-state index contributed by atoms with van der Waals surface area (Å²) >= 11 is 0. The molecule has 0 aromatic heterocycles. The fraction of sp³-hybridized carbons (Fsp3) is 0.810. The van der Waals surface area contributed by atoms with Crippen LogP contribution in [0.5, 0.6) is 0 Å². The van der Waals surface area contributed by atoms with E-state index in [-0.39, 0.29) is 11.9 Å². The van der Waals surface area contributed by atoms with Crippen LogP contribution in [0.25, 0.3) is 0 Å². The van der Waals surface area contributed by atoms with Crippen LogP contribution in [0, 0.1) is 5.92 Å². The molecule has 1 rings (SSSR count). The highest BCUT2D eigenvalue weighted by Gasteiger charge is 2.40. The third-order valence-electron chi connectivity index (χ3n) is 9.29. The van der Waals surface area contributed by atoms with E-state index in [1.165, 1.54) is 122 Å². The summed E-state index contributed by atoms with van der Waals surface area (Å²) in [6.45, 7) is 8.62. The Kier molecular flexibility index (Phi) is 28.1. The zero-order valence-electron chi connectivity index (χ0n) is 30.9. The molecule has 0 amide bonds. The molecule has 0 aromatic carbocycles. The molecule has 0 spiro atoms. The average Bonchev–Trinajstić information content (AvgIpc) is 3.44. The molecule has 262 valence electrons. The monoisotopic (exact) mass is 628 g/mol. The van der Waals surface area contributed by atoms with Gasteiger partial charge in [-0.3, -0.25) is 0 Å². The van der Waals surface area contributed by atoms with E-state index < -0.39 is 0 Å². The van der Waals surface area contributed by atoms with Crippen LogP contribution in [0.3, 0.4) is 0 Å². The number of hydrogen-bond acceptors (Lipinski definition) is 3. The van der Waals surface area contributed by atoms with Gasteiger partial charge in [-0.25, -0.2) is 0 Å². The maximum atomic E-state index is 6.67. The van der Waals surface area contributed by atoms with Crippen LogP contribution < -0.4 is 0 Å². The number of rotatable bonds is 31. The zero-order chi connectivity index (χ0) is 32.7. The minimum atomic E-state index is -0.318. The van der Waals surface area contributed by atoms with Gasteiger partial charge in [0.05, 0.1) is 12.7 Å². The number of unbranched alkanes of at least 4 members (excludes halogenated alkanes) is 14. The molecule has 1 aliphatic heterocycles. The van der Waals surface area contributed by atoms with Gasteiger partial charge in [0.25, 0.3) is 0 Å². The second kappa shape index (κ2) is 30.2. The lowest BCUT2D eigenvalue weighted by molar-refractivity contribution is -0.180. The van der Waals surface area contributed by atoms with Crippen LogP contribution in [0.4, 0.5) is 0 Å². The van der Waals surface area contributed by atoms with Gasteiger partial charge in [0.15, 0.2) is 5.79 Å². The Balaban J connectivity index is 2.19. The molecule has 0 radical (unpaired) electrons. The Morgan fingerprint density at radius 2 is 1.24 bits per heavy atom. The highest BCUT2D eigenvalue weighted by molar-refractivity contribution is 4.96. The number of hydrogen-bond donors (Lipinski definition) is 0. The van der Waals surface area contributed by atoms with Crippen LogP contribution in [0.2, 0.25) is 0 Å². The smallest absolute Gasteiger partial charge is 0.168 e. The topological polar surface area (TPSA) is 21.7 Å². The molecule has 1 aliphatic rings. The first-order chi connectivity index (χ1) is 22.0. The molecule has 0 N–H and O–H groups in total. The summed E-state index contributed by atoms with van der Waals surface area (Å²) in [5.41, 5.74) is 0. The first-order valence-electron chi connectivity index (χ1n) is 19.5. The largest absolute Gasteiger partial charge is 0.347 e. The summed E-state index contributed by atoms with van der Waals surface area (Å²) < 4.78 is 13.1. The van der Waals surface area contributed by atoms with E-state index in [0.717, 1.165) is 51.2 Å². The van der Waals surface area contributed by atoms with E-state index in [4.69, 9.17) is 9.47 Å². The van der Waals surface area contributed by atoms with Crippen LogP contribution in [0.15, 0.2) is 48.6 Å². The van der Waals surface area contributed by atoms with E-state index in [1.54, 1.807) is 0 Å². The Morgan fingerprint density at radius 1 is 0.689 bits per heavy atom. The lowest BCUT2D eigenvalue weighted by atomic mass is 9.98. The van der Waals surface area contributed by atoms with Gasteiger partial charge < -0.3 is 14.4 Å². The Labute approximate surface area is 282 Å². The quantitative estimate of drug-likeness (QED) is 0.0564. The van der Waals surface area contributed by atoms with E-state index in [0.29, 0.717) is 0 Å². The molecular weight excluding hydrogens is 550 g/mol. The van der Waals surface area contributed by atoms with Crippen molar-refractivity contribution in [2.75, 3.05) is 27.2 Å². The van der Waals surface area contributed by atoms with E-state index >= 15 is 0 Å². The number of nitrogens with zero attached hydrogens (tertiary/aromatic N) is 1. The predicted molar refractivity (Wildman–Crippen MR) is 200 cm³/mol. The van der Waals surface area contributed by atoms with E-state index in [1.807, 2.05) is 0 Å². The number of allylic oxidation sites excluding steroid dienone is 8. The first-order valence-corrected chi connectivity index (χ1v) is 19.5. The van der Waals surface area contributed by atoms with Crippen molar-refractivity contribution in [2.45, 2.75) is 187 Å². The molecule has 0 bridgehead atoms. The minimum absolute atomic E-state index is 0.261. The predicted octanol–water partition coefficient (Wildman–Crippen LogP) is 12.9. The minimum Gasteiger partial charge on any atom is -0.347 e. The SMILES string of the molecule is C/C=C/C/C=C\C/C=C\CCCCCCCCC1(CCCCCCCC/C=C\C[C@@H](C)CCCCC)OCC(CCN(C)C)O1. The third kappa shape index (κ3) is 25.6. The molecule has 1 saturated heterocycles. The van der Waals surface area contributed by atoms with Gasteiger partial charge in [-0.05, 0) is 91.1 Å². The van der Waals surface area contributed by atoms with Gasteiger partial charge in [0, 0.05) is 19.4 Å². The summed E-state index contributed by atoms with van der Waals surface area (Å²) in [5.74, 6) is 0.530. The normalized spacial score (nSPS) is 19.9. The van der Waals surface area contributed by atoms with Crippen molar-refractivity contribution in [3.8, 4) is 0 Å². The molecule has 0 aliphatic carbocycles. The van der Waals surface area contributed by atoms with E-state index in [9.17, 15) is 0 Å². The molecule has 0 aromatic rings. The maximum absolute atomic E-state index is 6.67. The molecule has 3 atom stereocenters. The highest BCUT2D eigenvalue weighted by atomic mass is 16.7. The van der Waals surface area contributed by atoms with Gasteiger partial charge in [-0.1, -0.05) is 140 Å². The van der Waals surface area contributed by atoms with Crippen LogP contribution >= 0.6 is 0 Å². The number of ether oxygens (including phenoxy) is 2. The Morgan fingerprint density at radius 3 is 1.84 bits per heavy atom. The molecule has 3 nitrogen and oxygen atoms in total. The summed E-state index contributed by atoms with van der Waals surface area (Å²) in [6.07, 6.45) is 49.1. The van der Waals surface area contributed by atoms with Crippen molar-refractivity contribution < 1.29 is 9.47 Å². The lowest BCUT2D eigenvalue weighted by Gasteiger charge is -2.29. The van der Waals surface area contributed by atoms with Crippen molar-refractivity contribution in [2.24, 2.45) is 5.92 Å². The summed E-state index contributed by atoms with van der Waals surface area (Å²) in [7, 11) is 4.30. The Hall–Kier alpha value is -1.16. The van der Waals surface area contributed by atoms with Crippen LogP contribution in [-0.4, -0.2) is 44.0 Å². The first kappa shape index (κ1) is 41.9. The summed E-state index contributed by atoms with van der Waals surface area (Å²) in [6, 6.07) is 0. The van der Waals surface area contributed by atoms with Gasteiger partial charge in [0.1, 0.15) is 0 Å². The van der Waals surface area contributed by atoms with E-state index in [2.05, 4.69) is 88.4 Å². The highest BCUT2D eigenvalue weighted by Crippen LogP contribution is 2.35. The molecule has 2 unspecified atom stereocenters. The average molecular weight is 628 g/mol. The summed E-state index contributed by atoms with van der Waals surface area (Å²) in [4.78, 5) is 2.26. The zero-order valence-corrected chi connectivity index (χ0v) is 30.9. The van der Waals surface area contributed by atoms with Crippen molar-refractivity contribution in [1.29, 1.82) is 0 Å². The van der Waals surface area contributed by atoms with Crippen molar-refractivity contribution in [3.63, 3.8) is 0 Å². The third-order valence-corrected chi connectivity index (χ3v) is 9.29. The van der Waals surface area contributed by atoms with Gasteiger partial charge in [-0.15, -0.1) is 0 Å². The molecule has 0 saturated carbocycles. The summed E-state index contributed by atoms with van der Waals surface area (Å²) in [5, 5.41) is 0. The second-order valence-electron chi connectivity index (χ2n) is 14.2. The molecule has 1 heterocycles. The fourth-order valence-electron chi connectivity index (χ4n) is 6.28. The maximum Gasteiger partial charge on any atom is 0.168 e. The Bertz CT molecular complexity index is 754. The molecule has 1 fully saturated rings. The molecular formula is C42H77NO2. The second-order valence-corrected chi connectivity index (χ2v) is 14.2. The van der Waals surface area contributed by atoms with Gasteiger partial charge in [-0.2, -0.15) is 0 Å². The standard InChI is InChI=1S/C42H77NO2/c1-6-8-10-11-12-13-14-15-16-17-18-21-24-27-31-36-42(44-39-41(45-42)35-38-43(4)5)37-32-28-25-22-19-20-23-26-30-34-40(3)33-29-9-7-2/h6,8,11-12,14-15,26,30,40-41H,7,9-10,13,16-25,27-29,31-39H2,1-5H3/b8-6+,12-11-,15-14-,30-26-/t40-,41?,42?/m0/s1. The van der Waals surface area contributed by atoms with Gasteiger partial charge in [0.2, 0.25) is 0 Å². The van der Waals surface area contributed by atoms with Crippen molar-refractivity contribution >= 4 is 0 Å². The van der Waals surface area contributed by atoms with Gasteiger partial charge >= 0.3 is 0 Å².